The van der Waals surface area contributed by atoms with E-state index in [4.69, 9.17) is 15.0 Å². The predicted octanol–water partition coefficient (Wildman–Crippen LogP) is 12.2. The van der Waals surface area contributed by atoms with Crippen LogP contribution in [-0.4, -0.2) is 15.0 Å². The highest BCUT2D eigenvalue weighted by Crippen LogP contribution is 2.38. The quantitative estimate of drug-likeness (QED) is 0.170. The van der Waals surface area contributed by atoms with Gasteiger partial charge in [0.25, 0.3) is 0 Å². The van der Waals surface area contributed by atoms with Gasteiger partial charge in [0.2, 0.25) is 0 Å². The van der Waals surface area contributed by atoms with E-state index in [9.17, 15) is 0 Å². The van der Waals surface area contributed by atoms with Gasteiger partial charge in [-0.3, -0.25) is 0 Å². The van der Waals surface area contributed by atoms with Crippen molar-refractivity contribution >= 4 is 21.7 Å². The van der Waals surface area contributed by atoms with Crippen LogP contribution in [0.25, 0.3) is 89.1 Å². The molecule has 0 saturated carbocycles. The molecule has 9 aromatic rings. The van der Waals surface area contributed by atoms with E-state index in [1.807, 2.05) is 30.3 Å². The fourth-order valence-electron chi connectivity index (χ4n) is 6.76. The lowest BCUT2D eigenvalue weighted by molar-refractivity contribution is 1.18. The Labute approximate surface area is 291 Å². The van der Waals surface area contributed by atoms with Crippen molar-refractivity contribution in [1.82, 2.24) is 15.0 Å². The zero-order chi connectivity index (χ0) is 33.3. The monoisotopic (exact) mass is 637 g/mol. The molecule has 3 nitrogen and oxygen atoms in total. The predicted molar refractivity (Wildman–Crippen MR) is 207 cm³/mol. The van der Waals surface area contributed by atoms with Crippen LogP contribution in [0.15, 0.2) is 188 Å². The molecular formula is C47H31N3. The maximum Gasteiger partial charge on any atom is 0.160 e. The van der Waals surface area contributed by atoms with E-state index in [1.54, 1.807) is 0 Å². The Balaban J connectivity index is 1.21. The molecule has 0 bridgehead atoms. The van der Waals surface area contributed by atoms with E-state index < -0.39 is 0 Å². The fourth-order valence-corrected chi connectivity index (χ4v) is 6.76. The van der Waals surface area contributed by atoms with E-state index in [0.29, 0.717) is 5.82 Å². The van der Waals surface area contributed by atoms with Crippen molar-refractivity contribution in [3.05, 3.63) is 188 Å². The molecule has 0 aliphatic carbocycles. The molecule has 3 heteroatoms. The van der Waals surface area contributed by atoms with E-state index in [2.05, 4.69) is 158 Å². The summed E-state index contributed by atoms with van der Waals surface area (Å²) in [6, 6.07) is 65.6. The summed E-state index contributed by atoms with van der Waals surface area (Å²) in [7, 11) is 0. The third-order valence-corrected chi connectivity index (χ3v) is 9.28. The van der Waals surface area contributed by atoms with Gasteiger partial charge in [-0.15, -0.1) is 0 Å². The van der Waals surface area contributed by atoms with Crippen molar-refractivity contribution < 1.29 is 0 Å². The molecule has 50 heavy (non-hydrogen) atoms. The number of hydrogen-bond acceptors (Lipinski definition) is 3. The third kappa shape index (κ3) is 5.61. The van der Waals surface area contributed by atoms with Crippen LogP contribution < -0.4 is 0 Å². The van der Waals surface area contributed by atoms with Crippen LogP contribution in [0.5, 0.6) is 0 Å². The van der Waals surface area contributed by atoms with Gasteiger partial charge in [-0.2, -0.15) is 0 Å². The summed E-state index contributed by atoms with van der Waals surface area (Å²) in [4.78, 5) is 15.4. The first-order valence-electron chi connectivity index (χ1n) is 16.9. The second kappa shape index (κ2) is 12.7. The minimum atomic E-state index is 0.697. The molecule has 234 valence electrons. The summed E-state index contributed by atoms with van der Waals surface area (Å²) in [5.74, 6) is 0.697. The van der Waals surface area contributed by atoms with Gasteiger partial charge in [0.05, 0.1) is 22.6 Å². The maximum atomic E-state index is 5.16. The molecule has 0 fully saturated rings. The number of benzene rings is 7. The third-order valence-electron chi connectivity index (χ3n) is 9.28. The minimum Gasteiger partial charge on any atom is -0.248 e. The number of nitrogens with zero attached hydrogens (tertiary/aromatic N) is 3. The zero-order valence-corrected chi connectivity index (χ0v) is 27.2. The molecule has 7 aromatic carbocycles. The molecule has 2 heterocycles. The molecule has 0 aliphatic heterocycles. The van der Waals surface area contributed by atoms with Crippen LogP contribution in [0.4, 0.5) is 0 Å². The van der Waals surface area contributed by atoms with Crippen LogP contribution in [0.1, 0.15) is 0 Å². The molecule has 0 radical (unpaired) electrons. The molecule has 0 amide bonds. The van der Waals surface area contributed by atoms with Crippen molar-refractivity contribution in [3.8, 4) is 67.4 Å². The number of rotatable bonds is 6. The van der Waals surface area contributed by atoms with Gasteiger partial charge >= 0.3 is 0 Å². The standard InChI is InChI=1S/C47H31N3/c1-4-13-32(14-5-1)33-23-25-36(26-24-33)44-31-45(50-47(49-44)37-18-8-3-9-19-37)39-21-12-20-38(29-39)41-30-43(35-16-6-2-7-17-35)48-42-28-27-34-15-10-11-22-40(34)46(41)42/h1-31H. The molecule has 0 atom stereocenters. The highest BCUT2D eigenvalue weighted by atomic mass is 14.9. The molecule has 0 aliphatic rings. The van der Waals surface area contributed by atoms with Crippen LogP contribution in [0, 0.1) is 0 Å². The Morgan fingerprint density at radius 2 is 0.820 bits per heavy atom. The van der Waals surface area contributed by atoms with Crippen molar-refractivity contribution in [2.24, 2.45) is 0 Å². The molecule has 2 aromatic heterocycles. The first-order chi connectivity index (χ1) is 24.8. The Morgan fingerprint density at radius 3 is 1.56 bits per heavy atom. The van der Waals surface area contributed by atoms with Crippen LogP contribution in [0.3, 0.4) is 0 Å². The van der Waals surface area contributed by atoms with Gasteiger partial charge in [-0.25, -0.2) is 15.0 Å². The Hall–Kier alpha value is -6.71. The molecule has 9 rings (SSSR count). The van der Waals surface area contributed by atoms with Gasteiger partial charge in [-0.1, -0.05) is 164 Å². The van der Waals surface area contributed by atoms with Crippen molar-refractivity contribution in [1.29, 1.82) is 0 Å². The van der Waals surface area contributed by atoms with E-state index in [0.717, 1.165) is 61.4 Å². The normalized spacial score (nSPS) is 11.2. The van der Waals surface area contributed by atoms with E-state index in [1.165, 1.54) is 21.9 Å². The smallest absolute Gasteiger partial charge is 0.160 e. The number of fused-ring (bicyclic) bond motifs is 3. The lowest BCUT2D eigenvalue weighted by Gasteiger charge is -2.14. The van der Waals surface area contributed by atoms with Gasteiger partial charge < -0.3 is 0 Å². The number of aromatic nitrogens is 3. The van der Waals surface area contributed by atoms with Gasteiger partial charge in [0, 0.05) is 27.6 Å². The maximum absolute atomic E-state index is 5.16. The first-order valence-corrected chi connectivity index (χ1v) is 16.9. The second-order valence-corrected chi connectivity index (χ2v) is 12.5. The van der Waals surface area contributed by atoms with Crippen molar-refractivity contribution in [3.63, 3.8) is 0 Å². The summed E-state index contributed by atoms with van der Waals surface area (Å²) < 4.78 is 0. The Morgan fingerprint density at radius 1 is 0.300 bits per heavy atom. The van der Waals surface area contributed by atoms with Gasteiger partial charge in [0.1, 0.15) is 0 Å². The summed E-state index contributed by atoms with van der Waals surface area (Å²) >= 11 is 0. The van der Waals surface area contributed by atoms with Gasteiger partial charge in [0.15, 0.2) is 5.82 Å². The summed E-state index contributed by atoms with van der Waals surface area (Å²) in [5.41, 5.74) is 12.4. The van der Waals surface area contributed by atoms with Crippen LogP contribution >= 0.6 is 0 Å². The van der Waals surface area contributed by atoms with Gasteiger partial charge in [-0.05, 0) is 57.3 Å². The van der Waals surface area contributed by atoms with E-state index in [-0.39, 0.29) is 0 Å². The lowest BCUT2D eigenvalue weighted by Crippen LogP contribution is -1.96. The first kappa shape index (κ1) is 29.4. The molecule has 0 unspecified atom stereocenters. The molecular weight excluding hydrogens is 607 g/mol. The largest absolute Gasteiger partial charge is 0.248 e. The molecule has 0 N–H and O–H groups in total. The average Bonchev–Trinajstić information content (AvgIpc) is 3.21. The highest BCUT2D eigenvalue weighted by Gasteiger charge is 2.15. The van der Waals surface area contributed by atoms with Crippen molar-refractivity contribution in [2.75, 3.05) is 0 Å². The number of hydrogen-bond donors (Lipinski definition) is 0. The van der Waals surface area contributed by atoms with Crippen LogP contribution in [0.2, 0.25) is 0 Å². The lowest BCUT2D eigenvalue weighted by atomic mass is 9.93. The molecule has 0 spiro atoms. The fraction of sp³-hybridized carbons (Fsp3) is 0. The number of pyridine rings is 1. The summed E-state index contributed by atoms with van der Waals surface area (Å²) in [5, 5.41) is 3.52. The SMILES string of the molecule is c1ccc(-c2ccc(-c3cc(-c4cccc(-c5cc(-c6ccccc6)nc6ccc7ccccc7c56)c4)nc(-c4ccccc4)n3)cc2)cc1. The zero-order valence-electron chi connectivity index (χ0n) is 27.2. The second-order valence-electron chi connectivity index (χ2n) is 12.5. The van der Waals surface area contributed by atoms with E-state index >= 15 is 0 Å². The Kier molecular flexibility index (Phi) is 7.49. The summed E-state index contributed by atoms with van der Waals surface area (Å²) in [6.07, 6.45) is 0. The molecule has 0 saturated heterocycles. The highest BCUT2D eigenvalue weighted by molar-refractivity contribution is 6.14. The minimum absolute atomic E-state index is 0.697. The summed E-state index contributed by atoms with van der Waals surface area (Å²) in [6.45, 7) is 0. The van der Waals surface area contributed by atoms with Crippen molar-refractivity contribution in [2.45, 2.75) is 0 Å². The average molecular weight is 638 g/mol. The topological polar surface area (TPSA) is 38.7 Å². The van der Waals surface area contributed by atoms with Crippen LogP contribution in [-0.2, 0) is 0 Å². The Bertz CT molecular complexity index is 2610.